The molecule has 2 atom stereocenters. The van der Waals surface area contributed by atoms with Crippen molar-refractivity contribution in [1.29, 1.82) is 0 Å². The summed E-state index contributed by atoms with van der Waals surface area (Å²) in [6.07, 6.45) is 2.58. The summed E-state index contributed by atoms with van der Waals surface area (Å²) in [4.78, 5) is 11.4. The Hall–Kier alpha value is -0.480. The second-order valence-electron chi connectivity index (χ2n) is 2.79. The Labute approximate surface area is 77.0 Å². The molecule has 0 aliphatic carbocycles. The van der Waals surface area contributed by atoms with E-state index in [1.165, 1.54) is 11.8 Å². The standard InChI is InChI=1S/C8H15NO2S/c1-5(4-6(2)12-3)7(9)8(10)11/h5,7H,2,4,9H2,1,3H3,(H,10,11)/t5?,7-/m0/s1. The summed E-state index contributed by atoms with van der Waals surface area (Å²) < 4.78 is 0. The number of hydrogen-bond donors (Lipinski definition) is 2. The molecule has 3 nitrogen and oxygen atoms in total. The normalized spacial score (nSPS) is 15.2. The van der Waals surface area contributed by atoms with Crippen LogP contribution in [0.15, 0.2) is 11.5 Å². The van der Waals surface area contributed by atoms with Gasteiger partial charge in [0.2, 0.25) is 0 Å². The lowest BCUT2D eigenvalue weighted by molar-refractivity contribution is -0.139. The first-order chi connectivity index (χ1) is 5.49. The highest BCUT2D eigenvalue weighted by atomic mass is 32.2. The number of rotatable bonds is 5. The van der Waals surface area contributed by atoms with Gasteiger partial charge in [0.1, 0.15) is 6.04 Å². The molecule has 0 saturated heterocycles. The van der Waals surface area contributed by atoms with Gasteiger partial charge in [-0.25, -0.2) is 0 Å². The van der Waals surface area contributed by atoms with E-state index in [0.717, 1.165) is 4.91 Å². The molecule has 1 unspecified atom stereocenters. The Kier molecular flexibility index (Phi) is 5.01. The van der Waals surface area contributed by atoms with Gasteiger partial charge < -0.3 is 10.8 Å². The number of carboxylic acids is 1. The van der Waals surface area contributed by atoms with Crippen LogP contribution in [-0.2, 0) is 4.79 Å². The zero-order valence-electron chi connectivity index (χ0n) is 7.41. The molecular weight excluding hydrogens is 174 g/mol. The number of hydrogen-bond acceptors (Lipinski definition) is 3. The van der Waals surface area contributed by atoms with Crippen LogP contribution in [0.2, 0.25) is 0 Å². The lowest BCUT2D eigenvalue weighted by atomic mass is 9.99. The van der Waals surface area contributed by atoms with Crippen molar-refractivity contribution in [2.24, 2.45) is 11.7 Å². The fourth-order valence-corrected chi connectivity index (χ4v) is 1.24. The first-order valence-corrected chi connectivity index (χ1v) is 4.91. The van der Waals surface area contributed by atoms with Crippen molar-refractivity contribution in [3.05, 3.63) is 11.5 Å². The molecule has 0 heterocycles. The molecule has 0 spiro atoms. The first-order valence-electron chi connectivity index (χ1n) is 3.69. The molecule has 0 aliphatic rings. The monoisotopic (exact) mass is 189 g/mol. The molecule has 0 aliphatic heterocycles. The zero-order chi connectivity index (χ0) is 9.72. The van der Waals surface area contributed by atoms with E-state index in [1.807, 2.05) is 13.2 Å². The van der Waals surface area contributed by atoms with E-state index in [1.54, 1.807) is 0 Å². The van der Waals surface area contributed by atoms with Crippen molar-refractivity contribution in [2.45, 2.75) is 19.4 Å². The number of aliphatic carboxylic acids is 1. The van der Waals surface area contributed by atoms with E-state index in [-0.39, 0.29) is 5.92 Å². The highest BCUT2D eigenvalue weighted by Gasteiger charge is 2.19. The summed E-state index contributed by atoms with van der Waals surface area (Å²) in [6.45, 7) is 5.59. The Morgan fingerprint density at radius 2 is 2.25 bits per heavy atom. The van der Waals surface area contributed by atoms with E-state index >= 15 is 0 Å². The summed E-state index contributed by atoms with van der Waals surface area (Å²) in [5.74, 6) is -1.00. The fourth-order valence-electron chi connectivity index (χ4n) is 0.813. The summed E-state index contributed by atoms with van der Waals surface area (Å²) in [7, 11) is 0. The predicted octanol–water partition coefficient (Wildman–Crippen LogP) is 1.30. The quantitative estimate of drug-likeness (QED) is 0.684. The Bertz CT molecular complexity index is 182. The molecule has 0 saturated carbocycles. The van der Waals surface area contributed by atoms with Gasteiger partial charge in [-0.15, -0.1) is 11.8 Å². The molecule has 0 bridgehead atoms. The van der Waals surface area contributed by atoms with Crippen LogP contribution in [-0.4, -0.2) is 23.4 Å². The largest absolute Gasteiger partial charge is 0.480 e. The Morgan fingerprint density at radius 1 is 1.75 bits per heavy atom. The minimum Gasteiger partial charge on any atom is -0.480 e. The molecule has 0 aromatic carbocycles. The van der Waals surface area contributed by atoms with E-state index < -0.39 is 12.0 Å². The van der Waals surface area contributed by atoms with Crippen LogP contribution in [0, 0.1) is 5.92 Å². The average molecular weight is 189 g/mol. The van der Waals surface area contributed by atoms with Gasteiger partial charge in [0, 0.05) is 0 Å². The number of thioether (sulfide) groups is 1. The maximum absolute atomic E-state index is 10.4. The molecule has 0 rings (SSSR count). The molecule has 0 aromatic rings. The molecule has 0 radical (unpaired) electrons. The van der Waals surface area contributed by atoms with Crippen LogP contribution in [0.1, 0.15) is 13.3 Å². The predicted molar refractivity (Wildman–Crippen MR) is 52.0 cm³/mol. The van der Waals surface area contributed by atoms with Gasteiger partial charge >= 0.3 is 5.97 Å². The van der Waals surface area contributed by atoms with E-state index in [2.05, 4.69) is 6.58 Å². The summed E-state index contributed by atoms with van der Waals surface area (Å²) in [5.41, 5.74) is 5.41. The van der Waals surface area contributed by atoms with Gasteiger partial charge in [0.15, 0.2) is 0 Å². The van der Waals surface area contributed by atoms with Crippen LogP contribution < -0.4 is 5.73 Å². The van der Waals surface area contributed by atoms with Crippen molar-refractivity contribution in [1.82, 2.24) is 0 Å². The molecule has 12 heavy (non-hydrogen) atoms. The van der Waals surface area contributed by atoms with E-state index in [4.69, 9.17) is 10.8 Å². The van der Waals surface area contributed by atoms with Gasteiger partial charge in [-0.3, -0.25) is 4.79 Å². The lowest BCUT2D eigenvalue weighted by Crippen LogP contribution is -2.36. The third-order valence-electron chi connectivity index (χ3n) is 1.74. The molecule has 3 N–H and O–H groups in total. The van der Waals surface area contributed by atoms with Crippen LogP contribution in [0.4, 0.5) is 0 Å². The van der Waals surface area contributed by atoms with Gasteiger partial charge in [-0.2, -0.15) is 0 Å². The van der Waals surface area contributed by atoms with Crippen molar-refractivity contribution >= 4 is 17.7 Å². The van der Waals surface area contributed by atoms with Gasteiger partial charge in [-0.05, 0) is 23.5 Å². The summed E-state index contributed by atoms with van der Waals surface area (Å²) >= 11 is 1.54. The Balaban J connectivity index is 3.94. The van der Waals surface area contributed by atoms with Crippen LogP contribution in [0.3, 0.4) is 0 Å². The van der Waals surface area contributed by atoms with Crippen LogP contribution in [0.5, 0.6) is 0 Å². The highest BCUT2D eigenvalue weighted by molar-refractivity contribution is 8.02. The molecule has 0 fully saturated rings. The summed E-state index contributed by atoms with van der Waals surface area (Å²) in [6, 6.07) is -0.783. The minimum absolute atomic E-state index is 0.0533. The second-order valence-corrected chi connectivity index (χ2v) is 3.77. The van der Waals surface area contributed by atoms with Crippen molar-refractivity contribution in [2.75, 3.05) is 6.26 Å². The highest BCUT2D eigenvalue weighted by Crippen LogP contribution is 2.20. The average Bonchev–Trinajstić information content (AvgIpc) is 2.02. The fraction of sp³-hybridized carbons (Fsp3) is 0.625. The first kappa shape index (κ1) is 11.5. The van der Waals surface area contributed by atoms with Gasteiger partial charge in [0.05, 0.1) is 0 Å². The van der Waals surface area contributed by atoms with Crippen molar-refractivity contribution in [3.63, 3.8) is 0 Å². The molecule has 4 heteroatoms. The van der Waals surface area contributed by atoms with Crippen LogP contribution in [0.25, 0.3) is 0 Å². The number of nitrogens with two attached hydrogens (primary N) is 1. The lowest BCUT2D eigenvalue weighted by Gasteiger charge is -2.15. The van der Waals surface area contributed by atoms with E-state index in [0.29, 0.717) is 6.42 Å². The third kappa shape index (κ3) is 3.78. The van der Waals surface area contributed by atoms with E-state index in [9.17, 15) is 4.79 Å². The minimum atomic E-state index is -0.948. The smallest absolute Gasteiger partial charge is 0.320 e. The maximum atomic E-state index is 10.4. The number of allylic oxidation sites excluding steroid dienone is 1. The van der Waals surface area contributed by atoms with Gasteiger partial charge in [0.25, 0.3) is 0 Å². The molecule has 70 valence electrons. The molecule has 0 amide bonds. The van der Waals surface area contributed by atoms with Crippen LogP contribution >= 0.6 is 11.8 Å². The molecule has 0 aromatic heterocycles. The third-order valence-corrected chi connectivity index (χ3v) is 2.48. The summed E-state index contributed by atoms with van der Waals surface area (Å²) in [5, 5.41) is 8.58. The maximum Gasteiger partial charge on any atom is 0.320 e. The van der Waals surface area contributed by atoms with Gasteiger partial charge in [-0.1, -0.05) is 13.5 Å². The Morgan fingerprint density at radius 3 is 2.58 bits per heavy atom. The second kappa shape index (κ2) is 5.22. The zero-order valence-corrected chi connectivity index (χ0v) is 8.23. The molecular formula is C8H15NO2S. The van der Waals surface area contributed by atoms with Crippen molar-refractivity contribution < 1.29 is 9.90 Å². The van der Waals surface area contributed by atoms with Crippen molar-refractivity contribution in [3.8, 4) is 0 Å². The number of carboxylic acid groups (broad SMARTS) is 1. The SMILES string of the molecule is C=C(CC(C)[C@H](N)C(=O)O)SC. The number of carbonyl (C=O) groups is 1. The topological polar surface area (TPSA) is 63.3 Å².